The average Bonchev–Trinajstić information content (AvgIpc) is 3.08. The zero-order valence-corrected chi connectivity index (χ0v) is 17.1. The molecular weight excluding hydrogens is 443 g/mol. The molecule has 0 spiro atoms. The van der Waals surface area contributed by atoms with E-state index in [-0.39, 0.29) is 23.8 Å². The predicted octanol–water partition coefficient (Wildman–Crippen LogP) is 3.10. The first kappa shape index (κ1) is 19.2. The highest BCUT2D eigenvalue weighted by molar-refractivity contribution is 9.10. The maximum Gasteiger partial charge on any atom is 0.283 e. The topological polar surface area (TPSA) is 94.2 Å². The number of hydrogen-bond donors (Lipinski definition) is 1. The first-order valence-corrected chi connectivity index (χ1v) is 9.62. The summed E-state index contributed by atoms with van der Waals surface area (Å²) in [7, 11) is 0. The van der Waals surface area contributed by atoms with Gasteiger partial charge in [0.1, 0.15) is 34.1 Å². The van der Waals surface area contributed by atoms with Crippen LogP contribution in [0.4, 0.5) is 10.2 Å². The number of amides is 1. The van der Waals surface area contributed by atoms with Gasteiger partial charge < -0.3 is 9.88 Å². The number of pyridine rings is 2. The van der Waals surface area contributed by atoms with E-state index in [0.717, 1.165) is 11.8 Å². The summed E-state index contributed by atoms with van der Waals surface area (Å²) in [6.07, 6.45) is 2.72. The van der Waals surface area contributed by atoms with Crippen LogP contribution in [0.15, 0.2) is 46.1 Å². The summed E-state index contributed by atoms with van der Waals surface area (Å²) in [4.78, 5) is 33.8. The Kier molecular flexibility index (Phi) is 4.87. The van der Waals surface area contributed by atoms with E-state index in [2.05, 4.69) is 36.3 Å². The van der Waals surface area contributed by atoms with Crippen LogP contribution in [0.2, 0.25) is 0 Å². The van der Waals surface area contributed by atoms with Crippen molar-refractivity contribution >= 4 is 44.3 Å². The molecule has 0 aliphatic carbocycles. The monoisotopic (exact) mass is 458 g/mol. The fraction of sp³-hybridized carbons (Fsp3) is 0.211. The van der Waals surface area contributed by atoms with Crippen LogP contribution in [0.25, 0.3) is 16.7 Å². The Labute approximate surface area is 172 Å². The zero-order chi connectivity index (χ0) is 20.7. The lowest BCUT2D eigenvalue weighted by molar-refractivity contribution is -0.116. The van der Waals surface area contributed by atoms with Crippen LogP contribution >= 0.6 is 15.9 Å². The van der Waals surface area contributed by atoms with E-state index >= 15 is 0 Å². The lowest BCUT2D eigenvalue weighted by Crippen LogP contribution is -2.25. The maximum atomic E-state index is 13.0. The van der Waals surface area contributed by atoms with Crippen molar-refractivity contribution < 1.29 is 9.18 Å². The van der Waals surface area contributed by atoms with Crippen molar-refractivity contribution in [3.8, 4) is 0 Å². The van der Waals surface area contributed by atoms with Gasteiger partial charge in [-0.15, -0.1) is 0 Å². The maximum absolute atomic E-state index is 13.0. The Morgan fingerprint density at radius 3 is 2.72 bits per heavy atom. The fourth-order valence-corrected chi connectivity index (χ4v) is 3.36. The quantitative estimate of drug-likeness (QED) is 0.506. The summed E-state index contributed by atoms with van der Waals surface area (Å²) in [5, 5.41) is 7.17. The minimum atomic E-state index is -0.495. The standard InChI is InChI=1S/C19H16BrFN6O2/c1-10(2)11-5-13-18(23-7-11)26(17-6-14(20)25-27(17)19(13)29)9-16(28)24-15-4-3-12(21)8-22-15/h3-8,10H,9H2,1-2H3,(H,22,24,28). The molecule has 29 heavy (non-hydrogen) atoms. The van der Waals surface area contributed by atoms with E-state index in [0.29, 0.717) is 21.3 Å². The number of anilines is 1. The zero-order valence-electron chi connectivity index (χ0n) is 15.6. The van der Waals surface area contributed by atoms with Crippen molar-refractivity contribution in [2.75, 3.05) is 5.32 Å². The fourth-order valence-electron chi connectivity index (χ4n) is 3.00. The summed E-state index contributed by atoms with van der Waals surface area (Å²) in [6.45, 7) is 3.88. The predicted molar refractivity (Wildman–Crippen MR) is 109 cm³/mol. The van der Waals surface area contributed by atoms with Crippen molar-refractivity contribution in [1.82, 2.24) is 24.1 Å². The van der Waals surface area contributed by atoms with Gasteiger partial charge in [-0.2, -0.15) is 9.61 Å². The van der Waals surface area contributed by atoms with Gasteiger partial charge in [0.2, 0.25) is 5.91 Å². The largest absolute Gasteiger partial charge is 0.309 e. The number of carbonyl (C=O) groups is 1. The smallest absolute Gasteiger partial charge is 0.283 e. The third-order valence-electron chi connectivity index (χ3n) is 4.47. The molecule has 10 heteroatoms. The van der Waals surface area contributed by atoms with E-state index in [1.807, 2.05) is 13.8 Å². The third kappa shape index (κ3) is 3.63. The molecule has 0 aliphatic heterocycles. The van der Waals surface area contributed by atoms with Crippen molar-refractivity contribution in [1.29, 1.82) is 0 Å². The van der Waals surface area contributed by atoms with Crippen LogP contribution in [-0.4, -0.2) is 30.1 Å². The molecule has 148 valence electrons. The molecule has 0 fully saturated rings. The first-order chi connectivity index (χ1) is 13.8. The summed E-state index contributed by atoms with van der Waals surface area (Å²) in [5.41, 5.74) is 1.39. The molecular formula is C19H16BrFN6O2. The highest BCUT2D eigenvalue weighted by Gasteiger charge is 2.17. The molecule has 0 saturated carbocycles. The molecule has 0 unspecified atom stereocenters. The van der Waals surface area contributed by atoms with E-state index in [1.165, 1.54) is 16.6 Å². The van der Waals surface area contributed by atoms with Crippen LogP contribution in [0.5, 0.6) is 0 Å². The molecule has 1 N–H and O–H groups in total. The van der Waals surface area contributed by atoms with Gasteiger partial charge in [0.25, 0.3) is 5.56 Å². The lowest BCUT2D eigenvalue weighted by atomic mass is 10.0. The summed E-state index contributed by atoms with van der Waals surface area (Å²) >= 11 is 3.28. The summed E-state index contributed by atoms with van der Waals surface area (Å²) in [6, 6.07) is 6.00. The van der Waals surface area contributed by atoms with Gasteiger partial charge in [0.15, 0.2) is 0 Å². The van der Waals surface area contributed by atoms with Crippen molar-refractivity contribution in [3.05, 3.63) is 63.0 Å². The van der Waals surface area contributed by atoms with Crippen molar-refractivity contribution in [2.45, 2.75) is 26.3 Å². The normalized spacial score (nSPS) is 11.5. The Morgan fingerprint density at radius 2 is 2.03 bits per heavy atom. The van der Waals surface area contributed by atoms with Crippen LogP contribution < -0.4 is 10.9 Å². The van der Waals surface area contributed by atoms with Crippen LogP contribution in [0.1, 0.15) is 25.3 Å². The highest BCUT2D eigenvalue weighted by atomic mass is 79.9. The van der Waals surface area contributed by atoms with E-state index in [1.54, 1.807) is 22.9 Å². The molecule has 4 heterocycles. The van der Waals surface area contributed by atoms with Crippen molar-refractivity contribution in [3.63, 3.8) is 0 Å². The second kappa shape index (κ2) is 7.36. The number of hydrogen-bond acceptors (Lipinski definition) is 5. The van der Waals surface area contributed by atoms with E-state index in [4.69, 9.17) is 0 Å². The van der Waals surface area contributed by atoms with Gasteiger partial charge in [-0.3, -0.25) is 9.59 Å². The van der Waals surface area contributed by atoms with Gasteiger partial charge in [-0.1, -0.05) is 13.8 Å². The minimum Gasteiger partial charge on any atom is -0.309 e. The number of nitrogens with zero attached hydrogens (tertiary/aromatic N) is 5. The van der Waals surface area contributed by atoms with E-state index < -0.39 is 11.7 Å². The van der Waals surface area contributed by atoms with Gasteiger partial charge in [0, 0.05) is 12.3 Å². The number of nitrogens with one attached hydrogen (secondary N) is 1. The second-order valence-electron chi connectivity index (χ2n) is 6.83. The number of fused-ring (bicyclic) bond motifs is 2. The molecule has 8 nitrogen and oxygen atoms in total. The number of rotatable bonds is 4. The highest BCUT2D eigenvalue weighted by Crippen LogP contribution is 2.20. The molecule has 0 atom stereocenters. The average molecular weight is 459 g/mol. The third-order valence-corrected chi connectivity index (χ3v) is 4.85. The molecule has 0 bridgehead atoms. The molecule has 0 saturated heterocycles. The number of aromatic nitrogens is 5. The van der Waals surface area contributed by atoms with Crippen LogP contribution in [0.3, 0.4) is 0 Å². The Hall–Kier alpha value is -3.14. The number of carbonyl (C=O) groups excluding carboxylic acids is 1. The van der Waals surface area contributed by atoms with Gasteiger partial charge >= 0.3 is 0 Å². The summed E-state index contributed by atoms with van der Waals surface area (Å²) in [5.74, 6) is -0.483. The molecule has 1 amide bonds. The molecule has 0 aliphatic rings. The van der Waals surface area contributed by atoms with Gasteiger partial charge in [-0.05, 0) is 45.6 Å². The van der Waals surface area contributed by atoms with Gasteiger partial charge in [-0.25, -0.2) is 14.4 Å². The lowest BCUT2D eigenvalue weighted by Gasteiger charge is -2.13. The SMILES string of the molecule is CC(C)c1cnc2c(c1)c(=O)n1nc(Br)cc1n2CC(=O)Nc1ccc(F)cn1. The molecule has 0 radical (unpaired) electrons. The van der Waals surface area contributed by atoms with Gasteiger partial charge in [0.05, 0.1) is 11.6 Å². The second-order valence-corrected chi connectivity index (χ2v) is 7.65. The van der Waals surface area contributed by atoms with Crippen LogP contribution in [-0.2, 0) is 11.3 Å². The number of halogens is 2. The molecule has 0 aromatic carbocycles. The Morgan fingerprint density at radius 1 is 1.24 bits per heavy atom. The van der Waals surface area contributed by atoms with E-state index in [9.17, 15) is 14.0 Å². The van der Waals surface area contributed by atoms with Crippen LogP contribution in [0, 0.1) is 5.82 Å². The molecule has 4 rings (SSSR count). The van der Waals surface area contributed by atoms with Crippen molar-refractivity contribution in [2.24, 2.45) is 0 Å². The summed E-state index contributed by atoms with van der Waals surface area (Å²) < 4.78 is 16.3. The Bertz CT molecular complexity index is 1300. The first-order valence-electron chi connectivity index (χ1n) is 8.82. The molecule has 4 aromatic rings. The minimum absolute atomic E-state index is 0.133. The molecule has 4 aromatic heterocycles. The Balaban J connectivity index is 1.82.